The zero-order valence-corrected chi connectivity index (χ0v) is 12.0. The molecule has 2 aromatic rings. The predicted octanol–water partition coefficient (Wildman–Crippen LogP) is 1.94. The van der Waals surface area contributed by atoms with Crippen LogP contribution < -0.4 is 10.9 Å². The summed E-state index contributed by atoms with van der Waals surface area (Å²) in [4.78, 5) is 13.6. The maximum Gasteiger partial charge on any atom is 0.255 e. The third-order valence-electron chi connectivity index (χ3n) is 2.91. The average Bonchev–Trinajstić information content (AvgIpc) is 2.93. The second-order valence-electron chi connectivity index (χ2n) is 4.20. The minimum atomic E-state index is 0.0531. The van der Waals surface area contributed by atoms with Gasteiger partial charge in [0.05, 0.1) is 17.2 Å². The Kier molecular flexibility index (Phi) is 4.90. The molecule has 4 nitrogen and oxygen atoms in total. The molecule has 0 spiro atoms. The van der Waals surface area contributed by atoms with E-state index in [1.807, 2.05) is 36.7 Å². The minimum Gasteiger partial charge on any atom is -0.383 e. The van der Waals surface area contributed by atoms with E-state index in [1.54, 1.807) is 23.0 Å². The molecular weight excluding hydrogens is 260 g/mol. The van der Waals surface area contributed by atoms with E-state index in [0.717, 1.165) is 16.1 Å². The molecule has 2 rings (SSSR count). The van der Waals surface area contributed by atoms with Crippen molar-refractivity contribution < 1.29 is 4.74 Å². The summed E-state index contributed by atoms with van der Waals surface area (Å²) in [5.41, 5.74) is 1.79. The van der Waals surface area contributed by atoms with Crippen LogP contribution in [0.5, 0.6) is 0 Å². The first-order valence-corrected chi connectivity index (χ1v) is 7.06. The fraction of sp³-hybridized carbons (Fsp3) is 0.357. The van der Waals surface area contributed by atoms with Crippen molar-refractivity contribution in [1.82, 2.24) is 9.88 Å². The monoisotopic (exact) mass is 278 g/mol. The first-order valence-electron chi connectivity index (χ1n) is 6.18. The number of thiophene rings is 1. The molecule has 19 heavy (non-hydrogen) atoms. The molecule has 0 radical (unpaired) electrons. The summed E-state index contributed by atoms with van der Waals surface area (Å²) in [6.07, 6.45) is 0. The summed E-state index contributed by atoms with van der Waals surface area (Å²) >= 11 is 1.64. The first-order chi connectivity index (χ1) is 9.27. The highest BCUT2D eigenvalue weighted by Crippen LogP contribution is 2.23. The number of pyridine rings is 1. The van der Waals surface area contributed by atoms with E-state index in [-0.39, 0.29) is 5.56 Å². The molecule has 0 saturated carbocycles. The Labute approximate surface area is 116 Å². The highest BCUT2D eigenvalue weighted by Gasteiger charge is 2.10. The molecule has 0 bridgehead atoms. The molecular formula is C14H18N2O2S. The van der Waals surface area contributed by atoms with Crippen molar-refractivity contribution >= 4 is 11.3 Å². The van der Waals surface area contributed by atoms with Gasteiger partial charge in [0.1, 0.15) is 0 Å². The van der Waals surface area contributed by atoms with Crippen molar-refractivity contribution in [2.24, 2.45) is 0 Å². The maximum absolute atomic E-state index is 12.5. The molecule has 0 saturated heterocycles. The molecule has 0 amide bonds. The summed E-state index contributed by atoms with van der Waals surface area (Å²) in [7, 11) is 3.49. The molecule has 2 aromatic heterocycles. The Morgan fingerprint density at radius 1 is 1.37 bits per heavy atom. The van der Waals surface area contributed by atoms with E-state index in [0.29, 0.717) is 19.7 Å². The van der Waals surface area contributed by atoms with Crippen LogP contribution in [0.1, 0.15) is 5.56 Å². The molecule has 0 unspecified atom stereocenters. The molecule has 0 aliphatic carbocycles. The Balaban J connectivity index is 2.48. The third kappa shape index (κ3) is 3.12. The lowest BCUT2D eigenvalue weighted by atomic mass is 10.2. The number of ether oxygens (including phenoxy) is 1. The highest BCUT2D eigenvalue weighted by atomic mass is 32.1. The fourth-order valence-electron chi connectivity index (χ4n) is 1.99. The maximum atomic E-state index is 12.5. The molecule has 0 fully saturated rings. The van der Waals surface area contributed by atoms with Gasteiger partial charge in [-0.3, -0.25) is 4.79 Å². The van der Waals surface area contributed by atoms with Crippen molar-refractivity contribution in [1.29, 1.82) is 0 Å². The largest absolute Gasteiger partial charge is 0.383 e. The number of hydrogen-bond acceptors (Lipinski definition) is 4. The van der Waals surface area contributed by atoms with Crippen LogP contribution in [0.25, 0.3) is 10.6 Å². The van der Waals surface area contributed by atoms with Crippen LogP contribution in [0.3, 0.4) is 0 Å². The van der Waals surface area contributed by atoms with Gasteiger partial charge in [0.2, 0.25) is 0 Å². The van der Waals surface area contributed by atoms with Gasteiger partial charge in [0, 0.05) is 25.8 Å². The molecule has 0 aromatic carbocycles. The zero-order chi connectivity index (χ0) is 13.7. The Hall–Kier alpha value is -1.43. The molecule has 102 valence electrons. The van der Waals surface area contributed by atoms with Gasteiger partial charge < -0.3 is 14.6 Å². The van der Waals surface area contributed by atoms with Gasteiger partial charge in [-0.2, -0.15) is 0 Å². The fourth-order valence-corrected chi connectivity index (χ4v) is 2.75. The van der Waals surface area contributed by atoms with Crippen molar-refractivity contribution in [2.75, 3.05) is 20.8 Å². The van der Waals surface area contributed by atoms with Gasteiger partial charge in [0.15, 0.2) is 0 Å². The Bertz CT molecular complexity index is 576. The van der Waals surface area contributed by atoms with E-state index in [2.05, 4.69) is 5.32 Å². The summed E-state index contributed by atoms with van der Waals surface area (Å²) in [5.74, 6) is 0. The van der Waals surface area contributed by atoms with Gasteiger partial charge in [-0.1, -0.05) is 12.1 Å². The van der Waals surface area contributed by atoms with Crippen molar-refractivity contribution in [2.45, 2.75) is 13.1 Å². The summed E-state index contributed by atoms with van der Waals surface area (Å²) in [6, 6.07) is 7.93. The predicted molar refractivity (Wildman–Crippen MR) is 78.7 cm³/mol. The molecule has 2 heterocycles. The van der Waals surface area contributed by atoms with Crippen LogP contribution in [0.15, 0.2) is 34.4 Å². The standard InChI is InChI=1S/C14H18N2O2S/c1-15-10-11-5-6-12(13-4-3-9-19-13)16(14(11)17)7-8-18-2/h3-6,9,15H,7-8,10H2,1-2H3. The molecule has 1 N–H and O–H groups in total. The lowest BCUT2D eigenvalue weighted by Crippen LogP contribution is -2.28. The van der Waals surface area contributed by atoms with Gasteiger partial charge >= 0.3 is 0 Å². The van der Waals surface area contributed by atoms with Crippen LogP contribution >= 0.6 is 11.3 Å². The van der Waals surface area contributed by atoms with Crippen LogP contribution in [0, 0.1) is 0 Å². The van der Waals surface area contributed by atoms with Crippen molar-refractivity contribution in [3.8, 4) is 10.6 Å². The van der Waals surface area contributed by atoms with Gasteiger partial charge in [-0.05, 0) is 24.6 Å². The topological polar surface area (TPSA) is 43.3 Å². The van der Waals surface area contributed by atoms with E-state index in [1.165, 1.54) is 0 Å². The summed E-state index contributed by atoms with van der Waals surface area (Å²) in [6.45, 7) is 1.68. The van der Waals surface area contributed by atoms with E-state index < -0.39 is 0 Å². The van der Waals surface area contributed by atoms with Crippen LogP contribution in [-0.4, -0.2) is 25.3 Å². The average molecular weight is 278 g/mol. The van der Waals surface area contributed by atoms with E-state index >= 15 is 0 Å². The number of rotatable bonds is 6. The Morgan fingerprint density at radius 3 is 2.84 bits per heavy atom. The molecule has 0 aliphatic heterocycles. The normalized spacial score (nSPS) is 10.8. The molecule has 0 aliphatic rings. The van der Waals surface area contributed by atoms with Gasteiger partial charge in [-0.25, -0.2) is 0 Å². The second kappa shape index (κ2) is 6.65. The smallest absolute Gasteiger partial charge is 0.255 e. The SMILES string of the molecule is CNCc1ccc(-c2cccs2)n(CCOC)c1=O. The van der Waals surface area contributed by atoms with Crippen LogP contribution in [-0.2, 0) is 17.8 Å². The Morgan fingerprint density at radius 2 is 2.21 bits per heavy atom. The lowest BCUT2D eigenvalue weighted by Gasteiger charge is -2.13. The van der Waals surface area contributed by atoms with Gasteiger partial charge in [0.25, 0.3) is 5.56 Å². The van der Waals surface area contributed by atoms with Crippen molar-refractivity contribution in [3.05, 3.63) is 45.6 Å². The number of hydrogen-bond donors (Lipinski definition) is 1. The number of methoxy groups -OCH3 is 1. The zero-order valence-electron chi connectivity index (χ0n) is 11.2. The van der Waals surface area contributed by atoms with Crippen molar-refractivity contribution in [3.63, 3.8) is 0 Å². The minimum absolute atomic E-state index is 0.0531. The number of nitrogens with one attached hydrogen (secondary N) is 1. The summed E-state index contributed by atoms with van der Waals surface area (Å²) < 4.78 is 6.89. The molecule has 5 heteroatoms. The number of nitrogens with zero attached hydrogens (tertiary/aromatic N) is 1. The number of aromatic nitrogens is 1. The van der Waals surface area contributed by atoms with E-state index in [4.69, 9.17) is 4.74 Å². The lowest BCUT2D eigenvalue weighted by molar-refractivity contribution is 0.186. The van der Waals surface area contributed by atoms with Crippen LogP contribution in [0.2, 0.25) is 0 Å². The summed E-state index contributed by atoms with van der Waals surface area (Å²) in [5, 5.41) is 5.04. The quantitative estimate of drug-likeness (QED) is 0.878. The highest BCUT2D eigenvalue weighted by molar-refractivity contribution is 7.13. The van der Waals surface area contributed by atoms with Crippen LogP contribution in [0.4, 0.5) is 0 Å². The molecule has 0 atom stereocenters. The van der Waals surface area contributed by atoms with Gasteiger partial charge in [-0.15, -0.1) is 11.3 Å². The second-order valence-corrected chi connectivity index (χ2v) is 5.15. The first kappa shape index (κ1) is 14.0. The third-order valence-corrected chi connectivity index (χ3v) is 3.81. The van der Waals surface area contributed by atoms with E-state index in [9.17, 15) is 4.79 Å².